The highest BCUT2D eigenvalue weighted by Crippen LogP contribution is 2.38. The quantitative estimate of drug-likeness (QED) is 0.365. The van der Waals surface area contributed by atoms with Crippen LogP contribution < -0.4 is 18.9 Å². The van der Waals surface area contributed by atoms with Crippen LogP contribution in [0.3, 0.4) is 0 Å². The molecule has 0 N–H and O–H groups in total. The van der Waals surface area contributed by atoms with Crippen molar-refractivity contribution in [3.05, 3.63) is 88.7 Å². The fourth-order valence-electron chi connectivity index (χ4n) is 3.43. The number of Topliss-reactive ketones (excluding diaryl/α,β-unsaturated/α-hetero) is 1. The van der Waals surface area contributed by atoms with Crippen molar-refractivity contribution in [1.82, 2.24) is 0 Å². The zero-order valence-corrected chi connectivity index (χ0v) is 16.0. The minimum atomic E-state index is -0.544. The number of hydrogen-bond acceptors (Lipinski definition) is 6. The van der Waals surface area contributed by atoms with E-state index in [1.807, 2.05) is 30.3 Å². The number of esters is 1. The van der Waals surface area contributed by atoms with Gasteiger partial charge in [-0.05, 0) is 48.4 Å². The van der Waals surface area contributed by atoms with E-state index in [0.717, 1.165) is 5.56 Å². The number of benzene rings is 3. The fourth-order valence-corrected chi connectivity index (χ4v) is 3.43. The van der Waals surface area contributed by atoms with Crippen molar-refractivity contribution in [2.75, 3.05) is 6.79 Å². The lowest BCUT2D eigenvalue weighted by molar-refractivity contribution is 0.0734. The van der Waals surface area contributed by atoms with Crippen LogP contribution in [-0.2, 0) is 0 Å². The molecule has 0 radical (unpaired) electrons. The summed E-state index contributed by atoms with van der Waals surface area (Å²) >= 11 is 0. The van der Waals surface area contributed by atoms with Crippen molar-refractivity contribution in [3.63, 3.8) is 0 Å². The zero-order chi connectivity index (χ0) is 20.7. The van der Waals surface area contributed by atoms with Crippen LogP contribution in [0.1, 0.15) is 31.8 Å². The molecule has 5 rings (SSSR count). The number of ether oxygens (including phenoxy) is 4. The Morgan fingerprint density at radius 3 is 2.60 bits per heavy atom. The van der Waals surface area contributed by atoms with Crippen LogP contribution in [0.5, 0.6) is 23.0 Å². The summed E-state index contributed by atoms with van der Waals surface area (Å²) < 4.78 is 21.8. The number of allylic oxidation sites excluding steroid dienone is 1. The molecule has 0 atom stereocenters. The molecule has 2 heterocycles. The molecule has 30 heavy (non-hydrogen) atoms. The van der Waals surface area contributed by atoms with Crippen molar-refractivity contribution in [3.8, 4) is 23.0 Å². The lowest BCUT2D eigenvalue weighted by Gasteiger charge is -2.08. The summed E-state index contributed by atoms with van der Waals surface area (Å²) in [7, 11) is 0. The lowest BCUT2D eigenvalue weighted by Crippen LogP contribution is -2.08. The highest BCUT2D eigenvalue weighted by Gasteiger charge is 2.30. The van der Waals surface area contributed by atoms with Gasteiger partial charge in [0.1, 0.15) is 11.5 Å². The van der Waals surface area contributed by atoms with Gasteiger partial charge in [0.05, 0.1) is 11.1 Å². The average Bonchev–Trinajstić information content (AvgIpc) is 3.33. The summed E-state index contributed by atoms with van der Waals surface area (Å²) in [6.07, 6.45) is 1.69. The molecule has 0 saturated heterocycles. The second kappa shape index (κ2) is 7.08. The summed E-state index contributed by atoms with van der Waals surface area (Å²) in [5, 5.41) is 0. The van der Waals surface area contributed by atoms with E-state index in [0.29, 0.717) is 39.7 Å². The van der Waals surface area contributed by atoms with Gasteiger partial charge >= 0.3 is 5.97 Å². The molecular formula is C24H16O6. The minimum Gasteiger partial charge on any atom is -0.454 e. The zero-order valence-electron chi connectivity index (χ0n) is 16.0. The Labute approximate surface area is 172 Å². The van der Waals surface area contributed by atoms with E-state index in [-0.39, 0.29) is 18.3 Å². The van der Waals surface area contributed by atoms with Gasteiger partial charge < -0.3 is 18.9 Å². The molecule has 0 fully saturated rings. The molecule has 0 saturated carbocycles. The minimum absolute atomic E-state index is 0.127. The lowest BCUT2D eigenvalue weighted by atomic mass is 10.0. The molecule has 0 spiro atoms. The van der Waals surface area contributed by atoms with E-state index in [9.17, 15) is 9.59 Å². The molecule has 2 aliphatic heterocycles. The molecule has 2 aliphatic rings. The van der Waals surface area contributed by atoms with Gasteiger partial charge in [0.25, 0.3) is 0 Å². The summed E-state index contributed by atoms with van der Waals surface area (Å²) in [5.41, 5.74) is 2.34. The van der Waals surface area contributed by atoms with Crippen LogP contribution in [0.15, 0.2) is 66.4 Å². The first-order valence-corrected chi connectivity index (χ1v) is 9.34. The van der Waals surface area contributed by atoms with Crippen molar-refractivity contribution < 1.29 is 28.5 Å². The largest absolute Gasteiger partial charge is 0.454 e. The van der Waals surface area contributed by atoms with E-state index < -0.39 is 5.97 Å². The molecule has 0 aliphatic carbocycles. The fraction of sp³-hybridized carbons (Fsp3) is 0.0833. The predicted octanol–water partition coefficient (Wildman–Crippen LogP) is 4.56. The number of fused-ring (bicyclic) bond motifs is 2. The first kappa shape index (κ1) is 18.0. The van der Waals surface area contributed by atoms with Crippen molar-refractivity contribution >= 4 is 17.8 Å². The topological polar surface area (TPSA) is 71.1 Å². The van der Waals surface area contributed by atoms with Gasteiger partial charge in [-0.2, -0.15) is 0 Å². The van der Waals surface area contributed by atoms with Crippen LogP contribution in [-0.4, -0.2) is 18.5 Å². The number of carbonyl (C=O) groups excluding carboxylic acids is 2. The van der Waals surface area contributed by atoms with Gasteiger partial charge in [0.2, 0.25) is 12.6 Å². The Morgan fingerprint density at radius 1 is 0.967 bits per heavy atom. The van der Waals surface area contributed by atoms with E-state index in [1.54, 1.807) is 43.3 Å². The number of ketones is 1. The highest BCUT2D eigenvalue weighted by atomic mass is 16.7. The SMILES string of the molecule is Cc1cc(OC(=O)c2ccc3c(c2)OCO3)cc2c1C(=O)/C(=C/c1ccccc1)O2. The maximum absolute atomic E-state index is 12.8. The van der Waals surface area contributed by atoms with Gasteiger partial charge in [0.15, 0.2) is 17.3 Å². The normalized spacial score (nSPS) is 15.1. The highest BCUT2D eigenvalue weighted by molar-refractivity contribution is 6.15. The van der Waals surface area contributed by atoms with Crippen molar-refractivity contribution in [2.24, 2.45) is 0 Å². The Bertz CT molecular complexity index is 1210. The molecule has 6 nitrogen and oxygen atoms in total. The van der Waals surface area contributed by atoms with Gasteiger partial charge in [-0.15, -0.1) is 0 Å². The van der Waals surface area contributed by atoms with E-state index in [4.69, 9.17) is 18.9 Å². The predicted molar refractivity (Wildman–Crippen MR) is 108 cm³/mol. The monoisotopic (exact) mass is 400 g/mol. The summed E-state index contributed by atoms with van der Waals surface area (Å²) in [5.74, 6) is 1.25. The molecule has 0 unspecified atom stereocenters. The Kier molecular flexibility index (Phi) is 4.25. The van der Waals surface area contributed by atoms with Crippen LogP contribution in [0.25, 0.3) is 6.08 Å². The first-order chi connectivity index (χ1) is 14.6. The molecule has 0 bridgehead atoms. The molecular weight excluding hydrogens is 384 g/mol. The maximum Gasteiger partial charge on any atom is 0.343 e. The molecule has 148 valence electrons. The second-order valence-corrected chi connectivity index (χ2v) is 6.92. The van der Waals surface area contributed by atoms with E-state index in [1.165, 1.54) is 0 Å². The van der Waals surface area contributed by atoms with Crippen LogP contribution in [0.2, 0.25) is 0 Å². The number of hydrogen-bond donors (Lipinski definition) is 0. The Hall–Kier alpha value is -4.06. The van der Waals surface area contributed by atoms with Gasteiger partial charge in [-0.3, -0.25) is 4.79 Å². The third kappa shape index (κ3) is 3.18. The maximum atomic E-state index is 12.8. The standard InChI is InChI=1S/C24H16O6/c1-14-9-17(29-24(26)16-7-8-18-19(11-16)28-13-27-18)12-20-22(14)23(25)21(30-20)10-15-5-3-2-4-6-15/h2-12H,13H2,1H3/b21-10-. The number of aryl methyl sites for hydroxylation is 1. The molecule has 6 heteroatoms. The number of carbonyl (C=O) groups is 2. The van der Waals surface area contributed by atoms with Gasteiger partial charge in [-0.1, -0.05) is 30.3 Å². The first-order valence-electron chi connectivity index (χ1n) is 9.34. The van der Waals surface area contributed by atoms with Gasteiger partial charge in [0, 0.05) is 6.07 Å². The molecule has 0 aromatic heterocycles. The van der Waals surface area contributed by atoms with E-state index >= 15 is 0 Å². The molecule has 3 aromatic rings. The number of rotatable bonds is 3. The van der Waals surface area contributed by atoms with Crippen LogP contribution >= 0.6 is 0 Å². The Balaban J connectivity index is 1.40. The Morgan fingerprint density at radius 2 is 1.77 bits per heavy atom. The van der Waals surface area contributed by atoms with Crippen molar-refractivity contribution in [1.29, 1.82) is 0 Å². The third-order valence-electron chi connectivity index (χ3n) is 4.86. The summed E-state index contributed by atoms with van der Waals surface area (Å²) in [6.45, 7) is 1.91. The third-order valence-corrected chi connectivity index (χ3v) is 4.86. The van der Waals surface area contributed by atoms with Crippen LogP contribution in [0, 0.1) is 6.92 Å². The van der Waals surface area contributed by atoms with Crippen LogP contribution in [0.4, 0.5) is 0 Å². The second-order valence-electron chi connectivity index (χ2n) is 6.92. The molecule has 3 aromatic carbocycles. The van der Waals surface area contributed by atoms with Crippen molar-refractivity contribution in [2.45, 2.75) is 6.92 Å². The summed E-state index contributed by atoms with van der Waals surface area (Å²) in [4.78, 5) is 25.3. The average molecular weight is 400 g/mol. The van der Waals surface area contributed by atoms with E-state index in [2.05, 4.69) is 0 Å². The van der Waals surface area contributed by atoms with Gasteiger partial charge in [-0.25, -0.2) is 4.79 Å². The molecule has 0 amide bonds. The smallest absolute Gasteiger partial charge is 0.343 e. The summed E-state index contributed by atoms with van der Waals surface area (Å²) in [6, 6.07) is 17.5.